The predicted octanol–water partition coefficient (Wildman–Crippen LogP) is 3.31. The van der Waals surface area contributed by atoms with Gasteiger partial charge in [-0.1, -0.05) is 49.7 Å². The Morgan fingerprint density at radius 3 is 2.32 bits per heavy atom. The zero-order chi connectivity index (χ0) is 18.6. The number of carbonyl (C=O) groups excluding carboxylic acids is 2. The maximum Gasteiger partial charge on any atom is 0.317 e. The van der Waals surface area contributed by atoms with Crippen molar-refractivity contribution in [3.63, 3.8) is 0 Å². The summed E-state index contributed by atoms with van der Waals surface area (Å²) < 4.78 is 0. The van der Waals surface area contributed by atoms with Crippen LogP contribution in [-0.4, -0.2) is 54.5 Å². The van der Waals surface area contributed by atoms with E-state index in [1.54, 1.807) is 15.9 Å². The quantitative estimate of drug-likeness (QED) is 0.810. The van der Waals surface area contributed by atoms with E-state index in [9.17, 15) is 9.59 Å². The van der Waals surface area contributed by atoms with Gasteiger partial charge in [-0.15, -0.1) is 0 Å². The molecule has 136 valence electrons. The number of nitrogens with one attached hydrogen (secondary N) is 1. The maximum atomic E-state index is 12.4. The number of hydrogen-bond acceptors (Lipinski definition) is 2. The fourth-order valence-electron chi connectivity index (χ4n) is 2.69. The fraction of sp³-hybridized carbons (Fsp3) is 0.444. The highest BCUT2D eigenvalue weighted by molar-refractivity contribution is 6.42. The lowest BCUT2D eigenvalue weighted by atomic mass is 9.84. The first-order valence-electron chi connectivity index (χ1n) is 8.14. The van der Waals surface area contributed by atoms with Crippen LogP contribution in [-0.2, 0) is 10.2 Å². The van der Waals surface area contributed by atoms with Gasteiger partial charge in [0.1, 0.15) is 0 Å². The number of rotatable bonds is 4. The summed E-state index contributed by atoms with van der Waals surface area (Å²) in [4.78, 5) is 27.4. The van der Waals surface area contributed by atoms with E-state index in [0.717, 1.165) is 5.56 Å². The van der Waals surface area contributed by atoms with Crippen molar-refractivity contribution < 1.29 is 9.59 Å². The minimum absolute atomic E-state index is 0.0965. The van der Waals surface area contributed by atoms with Crippen LogP contribution in [0, 0.1) is 0 Å². The number of halogens is 2. The van der Waals surface area contributed by atoms with Crippen LogP contribution in [0.1, 0.15) is 19.4 Å². The van der Waals surface area contributed by atoms with Crippen molar-refractivity contribution in [3.05, 3.63) is 46.5 Å². The molecule has 2 rings (SSSR count). The van der Waals surface area contributed by atoms with Gasteiger partial charge in [-0.3, -0.25) is 4.79 Å². The molecule has 1 aromatic rings. The van der Waals surface area contributed by atoms with Crippen LogP contribution in [0.5, 0.6) is 0 Å². The number of urea groups is 1. The molecule has 3 amide bonds. The van der Waals surface area contributed by atoms with Gasteiger partial charge < -0.3 is 15.1 Å². The van der Waals surface area contributed by atoms with Gasteiger partial charge >= 0.3 is 6.03 Å². The second-order valence-electron chi connectivity index (χ2n) is 6.69. The summed E-state index contributed by atoms with van der Waals surface area (Å²) in [6, 6.07) is 5.38. The monoisotopic (exact) mass is 383 g/mol. The zero-order valence-corrected chi connectivity index (χ0v) is 16.0. The molecule has 5 nitrogen and oxygen atoms in total. The van der Waals surface area contributed by atoms with Crippen molar-refractivity contribution in [2.45, 2.75) is 19.3 Å². The van der Waals surface area contributed by atoms with Crippen LogP contribution in [0.2, 0.25) is 10.0 Å². The van der Waals surface area contributed by atoms with Crippen LogP contribution in [0.25, 0.3) is 0 Å². The van der Waals surface area contributed by atoms with Crippen LogP contribution >= 0.6 is 23.2 Å². The molecule has 0 saturated carbocycles. The van der Waals surface area contributed by atoms with Gasteiger partial charge in [-0.2, -0.15) is 0 Å². The van der Waals surface area contributed by atoms with Crippen molar-refractivity contribution in [1.82, 2.24) is 15.1 Å². The van der Waals surface area contributed by atoms with Crippen molar-refractivity contribution in [1.29, 1.82) is 0 Å². The number of hydrogen-bond donors (Lipinski definition) is 1. The topological polar surface area (TPSA) is 52.7 Å². The molecular formula is C18H23Cl2N3O2. The molecule has 1 saturated heterocycles. The van der Waals surface area contributed by atoms with Gasteiger partial charge in [0.05, 0.1) is 10.0 Å². The first-order valence-corrected chi connectivity index (χ1v) is 8.90. The SMILES string of the molecule is C=CC(=O)N1CCN(C(=O)NCC(C)(C)c2ccc(Cl)c(Cl)c2)CC1. The molecule has 7 heteroatoms. The molecule has 0 spiro atoms. The number of piperazine rings is 1. The molecule has 0 radical (unpaired) electrons. The summed E-state index contributed by atoms with van der Waals surface area (Å²) in [7, 11) is 0. The van der Waals surface area contributed by atoms with Crippen molar-refractivity contribution in [2.75, 3.05) is 32.7 Å². The largest absolute Gasteiger partial charge is 0.337 e. The highest BCUT2D eigenvalue weighted by atomic mass is 35.5. The molecular weight excluding hydrogens is 361 g/mol. The van der Waals surface area contributed by atoms with Gasteiger partial charge in [0.15, 0.2) is 0 Å². The van der Waals surface area contributed by atoms with E-state index in [0.29, 0.717) is 42.8 Å². The average Bonchev–Trinajstić information content (AvgIpc) is 2.61. The lowest BCUT2D eigenvalue weighted by Crippen LogP contribution is -2.54. The summed E-state index contributed by atoms with van der Waals surface area (Å²) in [6.45, 7) is 10.1. The molecule has 1 N–H and O–H groups in total. The highest BCUT2D eigenvalue weighted by Crippen LogP contribution is 2.29. The molecule has 1 aliphatic heterocycles. The summed E-state index contributed by atoms with van der Waals surface area (Å²) in [5.41, 5.74) is 0.716. The smallest absolute Gasteiger partial charge is 0.317 e. The molecule has 0 atom stereocenters. The van der Waals surface area contributed by atoms with E-state index < -0.39 is 0 Å². The molecule has 1 aliphatic rings. The van der Waals surface area contributed by atoms with Crippen molar-refractivity contribution in [2.24, 2.45) is 0 Å². The number of amides is 3. The Morgan fingerprint density at radius 1 is 1.16 bits per heavy atom. The Hall–Kier alpha value is -1.72. The predicted molar refractivity (Wildman–Crippen MR) is 101 cm³/mol. The standard InChI is InChI=1S/C18H23Cl2N3O2/c1-4-16(24)22-7-9-23(10-8-22)17(25)21-12-18(2,3)13-5-6-14(19)15(20)11-13/h4-6,11H,1,7-10,12H2,2-3H3,(H,21,25). The highest BCUT2D eigenvalue weighted by Gasteiger charge is 2.26. The van der Waals surface area contributed by atoms with Crippen LogP contribution in [0.3, 0.4) is 0 Å². The Morgan fingerprint density at radius 2 is 1.76 bits per heavy atom. The van der Waals surface area contributed by atoms with E-state index >= 15 is 0 Å². The third kappa shape index (κ3) is 4.89. The average molecular weight is 384 g/mol. The normalized spacial score (nSPS) is 15.0. The van der Waals surface area contributed by atoms with Gasteiger partial charge in [0.25, 0.3) is 0 Å². The van der Waals surface area contributed by atoms with Gasteiger partial charge in [-0.25, -0.2) is 4.79 Å². The summed E-state index contributed by atoms with van der Waals surface area (Å²) in [5.74, 6) is -0.0965. The summed E-state index contributed by atoms with van der Waals surface area (Å²) in [6.07, 6.45) is 1.30. The second kappa shape index (κ2) is 8.11. The van der Waals surface area contributed by atoms with E-state index in [4.69, 9.17) is 23.2 Å². The van der Waals surface area contributed by atoms with Crippen LogP contribution < -0.4 is 5.32 Å². The van der Waals surface area contributed by atoms with Gasteiger partial charge in [0, 0.05) is 38.1 Å². The van der Waals surface area contributed by atoms with E-state index in [-0.39, 0.29) is 17.4 Å². The molecule has 0 unspecified atom stereocenters. The summed E-state index contributed by atoms with van der Waals surface area (Å²) >= 11 is 12.1. The number of benzene rings is 1. The molecule has 0 bridgehead atoms. The first-order chi connectivity index (χ1) is 11.7. The summed E-state index contributed by atoms with van der Waals surface area (Å²) in [5, 5.41) is 3.98. The van der Waals surface area contributed by atoms with Crippen LogP contribution in [0.15, 0.2) is 30.9 Å². The lowest BCUT2D eigenvalue weighted by Gasteiger charge is -2.35. The minimum atomic E-state index is -0.287. The molecule has 1 heterocycles. The van der Waals surface area contributed by atoms with Gasteiger partial charge in [-0.05, 0) is 23.8 Å². The fourth-order valence-corrected chi connectivity index (χ4v) is 2.98. The zero-order valence-electron chi connectivity index (χ0n) is 14.5. The number of nitrogens with zero attached hydrogens (tertiary/aromatic N) is 2. The first kappa shape index (κ1) is 19.6. The Balaban J connectivity index is 1.90. The minimum Gasteiger partial charge on any atom is -0.337 e. The Bertz CT molecular complexity index is 668. The molecule has 25 heavy (non-hydrogen) atoms. The third-order valence-corrected chi connectivity index (χ3v) is 5.17. The van der Waals surface area contributed by atoms with E-state index in [1.165, 1.54) is 6.08 Å². The van der Waals surface area contributed by atoms with Crippen molar-refractivity contribution >= 4 is 35.1 Å². The van der Waals surface area contributed by atoms with Crippen molar-refractivity contribution in [3.8, 4) is 0 Å². The second-order valence-corrected chi connectivity index (χ2v) is 7.50. The number of carbonyl (C=O) groups is 2. The third-order valence-electron chi connectivity index (χ3n) is 4.44. The lowest BCUT2D eigenvalue weighted by molar-refractivity contribution is -0.127. The molecule has 1 aromatic carbocycles. The van der Waals surface area contributed by atoms with Crippen LogP contribution in [0.4, 0.5) is 4.79 Å². The molecule has 0 aromatic heterocycles. The van der Waals surface area contributed by atoms with E-state index in [2.05, 4.69) is 11.9 Å². The van der Waals surface area contributed by atoms with Gasteiger partial charge in [0.2, 0.25) is 5.91 Å². The molecule has 0 aliphatic carbocycles. The van der Waals surface area contributed by atoms with E-state index in [1.807, 2.05) is 26.0 Å². The Labute approximate surface area is 158 Å². The molecule has 1 fully saturated rings. The Kier molecular flexibility index (Phi) is 6.36. The maximum absolute atomic E-state index is 12.4.